The van der Waals surface area contributed by atoms with Crippen LogP contribution in [-0.4, -0.2) is 28.0 Å². The predicted octanol–water partition coefficient (Wildman–Crippen LogP) is 4.08. The maximum Gasteiger partial charge on any atom is 0.416 e. The second kappa shape index (κ2) is 9.23. The van der Waals surface area contributed by atoms with Gasteiger partial charge in [0.2, 0.25) is 0 Å². The van der Waals surface area contributed by atoms with E-state index < -0.39 is 23.3 Å². The Morgan fingerprint density at radius 1 is 1.26 bits per heavy atom. The summed E-state index contributed by atoms with van der Waals surface area (Å²) >= 11 is 1.03. The van der Waals surface area contributed by atoms with Gasteiger partial charge in [-0.2, -0.15) is 13.2 Å². The number of anilines is 2. The van der Waals surface area contributed by atoms with Crippen LogP contribution in [0.3, 0.4) is 0 Å². The number of aliphatic hydroxyl groups excluding tert-OH is 1. The molecule has 0 aliphatic rings. The number of alkyl halides is 3. The van der Waals surface area contributed by atoms with E-state index in [2.05, 4.69) is 14.7 Å². The average molecular weight is 452 g/mol. The summed E-state index contributed by atoms with van der Waals surface area (Å²) in [5, 5.41) is 12.6. The first-order valence-corrected chi connectivity index (χ1v) is 9.87. The molecule has 0 spiro atoms. The van der Waals surface area contributed by atoms with Crippen LogP contribution >= 0.6 is 11.5 Å². The number of benzene rings is 2. The highest BCUT2D eigenvalue weighted by Gasteiger charge is 2.30. The number of hydrogen-bond acceptors (Lipinski definition) is 6. The van der Waals surface area contributed by atoms with Gasteiger partial charge in [0, 0.05) is 5.69 Å². The van der Waals surface area contributed by atoms with Crippen LogP contribution in [0.1, 0.15) is 18.1 Å². The standard InChI is InChI=1S/C20H19F3N4O3S/c1-11(10-28)25-17(24)16-18(29)27-31-19(16)26-13-5-7-14(8-6-13)30-15-4-2-3-12(9-15)20(21,22)23/h2-9,11,26,28H,10H2,1H3,(H2,24,25)(H,27,29)/t11-/m0/s1. The predicted molar refractivity (Wildman–Crippen MR) is 113 cm³/mol. The summed E-state index contributed by atoms with van der Waals surface area (Å²) < 4.78 is 46.6. The number of nitrogens with two attached hydrogens (primary N) is 1. The number of aromatic nitrogens is 1. The molecule has 0 aliphatic carbocycles. The summed E-state index contributed by atoms with van der Waals surface area (Å²) in [6, 6.07) is 10.6. The quantitative estimate of drug-likeness (QED) is 0.319. The normalized spacial score (nSPS) is 13.1. The number of aromatic amines is 1. The van der Waals surface area contributed by atoms with Crippen molar-refractivity contribution in [1.29, 1.82) is 0 Å². The monoisotopic (exact) mass is 452 g/mol. The molecule has 0 saturated carbocycles. The number of rotatable bonds is 7. The molecule has 0 amide bonds. The Balaban J connectivity index is 1.75. The molecule has 3 aromatic rings. The third-order valence-electron chi connectivity index (χ3n) is 4.09. The van der Waals surface area contributed by atoms with Crippen LogP contribution in [0.25, 0.3) is 0 Å². The van der Waals surface area contributed by atoms with Crippen molar-refractivity contribution in [1.82, 2.24) is 4.37 Å². The minimum absolute atomic E-state index is 0.00366. The maximum absolute atomic E-state index is 12.8. The summed E-state index contributed by atoms with van der Waals surface area (Å²) in [4.78, 5) is 16.2. The number of aliphatic imine (C=N–C) groups is 1. The van der Waals surface area contributed by atoms with Gasteiger partial charge in [0.15, 0.2) is 0 Å². The molecule has 0 radical (unpaired) electrons. The molecule has 11 heteroatoms. The molecule has 2 aromatic carbocycles. The molecule has 0 fully saturated rings. The van der Waals surface area contributed by atoms with Gasteiger partial charge in [0.05, 0.1) is 18.2 Å². The largest absolute Gasteiger partial charge is 0.457 e. The Hall–Kier alpha value is -3.31. The summed E-state index contributed by atoms with van der Waals surface area (Å²) in [6.45, 7) is 1.45. The lowest BCUT2D eigenvalue weighted by atomic mass is 10.2. The summed E-state index contributed by atoms with van der Waals surface area (Å²) in [5.41, 5.74) is 5.45. The second-order valence-electron chi connectivity index (χ2n) is 6.56. The van der Waals surface area contributed by atoms with Crippen LogP contribution in [-0.2, 0) is 6.18 Å². The van der Waals surface area contributed by atoms with Crippen LogP contribution < -0.4 is 21.3 Å². The van der Waals surface area contributed by atoms with Gasteiger partial charge in [-0.05, 0) is 60.9 Å². The zero-order chi connectivity index (χ0) is 22.6. The average Bonchev–Trinajstić information content (AvgIpc) is 3.09. The van der Waals surface area contributed by atoms with E-state index in [4.69, 9.17) is 15.6 Å². The van der Waals surface area contributed by atoms with E-state index in [0.717, 1.165) is 23.7 Å². The van der Waals surface area contributed by atoms with E-state index in [-0.39, 0.29) is 23.8 Å². The van der Waals surface area contributed by atoms with E-state index in [1.807, 2.05) is 0 Å². The minimum atomic E-state index is -4.46. The molecule has 1 atom stereocenters. The van der Waals surface area contributed by atoms with Crippen LogP contribution in [0.4, 0.5) is 23.9 Å². The number of amidine groups is 1. The number of halogens is 3. The van der Waals surface area contributed by atoms with Crippen LogP contribution in [0.15, 0.2) is 58.3 Å². The van der Waals surface area contributed by atoms with E-state index in [9.17, 15) is 18.0 Å². The number of nitrogens with zero attached hydrogens (tertiary/aromatic N) is 1. The summed E-state index contributed by atoms with van der Waals surface area (Å²) in [5.74, 6) is 0.393. The molecule has 3 rings (SSSR count). The van der Waals surface area contributed by atoms with Gasteiger partial charge in [0.25, 0.3) is 5.56 Å². The van der Waals surface area contributed by atoms with Crippen molar-refractivity contribution >= 4 is 28.1 Å². The lowest BCUT2D eigenvalue weighted by molar-refractivity contribution is -0.137. The van der Waals surface area contributed by atoms with Crippen molar-refractivity contribution in [3.8, 4) is 11.5 Å². The fourth-order valence-electron chi connectivity index (χ4n) is 2.58. The summed E-state index contributed by atoms with van der Waals surface area (Å²) in [6.07, 6.45) is -4.46. The first kappa shape index (κ1) is 22.4. The van der Waals surface area contributed by atoms with Gasteiger partial charge >= 0.3 is 6.18 Å². The van der Waals surface area contributed by atoms with Gasteiger partial charge in [-0.1, -0.05) is 6.07 Å². The molecule has 164 valence electrons. The lowest BCUT2D eigenvalue weighted by Crippen LogP contribution is -2.24. The zero-order valence-corrected chi connectivity index (χ0v) is 17.1. The van der Waals surface area contributed by atoms with E-state index in [1.165, 1.54) is 12.1 Å². The molecule has 5 N–H and O–H groups in total. The van der Waals surface area contributed by atoms with Gasteiger partial charge in [-0.15, -0.1) is 0 Å². The number of ether oxygens (including phenoxy) is 1. The molecule has 7 nitrogen and oxygen atoms in total. The number of nitrogens with one attached hydrogen (secondary N) is 2. The Morgan fingerprint density at radius 3 is 2.61 bits per heavy atom. The first-order chi connectivity index (χ1) is 14.7. The first-order valence-electron chi connectivity index (χ1n) is 9.05. The van der Waals surface area contributed by atoms with Crippen molar-refractivity contribution in [3.63, 3.8) is 0 Å². The van der Waals surface area contributed by atoms with Crippen molar-refractivity contribution in [2.24, 2.45) is 10.7 Å². The lowest BCUT2D eigenvalue weighted by Gasteiger charge is -2.11. The van der Waals surface area contributed by atoms with Crippen LogP contribution in [0.2, 0.25) is 0 Å². The Bertz CT molecular complexity index is 1120. The number of H-pyrrole nitrogens is 1. The zero-order valence-electron chi connectivity index (χ0n) is 16.2. The fraction of sp³-hybridized carbons (Fsp3) is 0.200. The summed E-state index contributed by atoms with van der Waals surface area (Å²) in [7, 11) is 0. The van der Waals surface area contributed by atoms with Gasteiger partial charge in [0.1, 0.15) is 27.9 Å². The minimum Gasteiger partial charge on any atom is -0.457 e. The van der Waals surface area contributed by atoms with Gasteiger partial charge < -0.3 is 20.9 Å². The van der Waals surface area contributed by atoms with Crippen molar-refractivity contribution in [2.75, 3.05) is 11.9 Å². The number of aliphatic hydroxyl groups is 1. The van der Waals surface area contributed by atoms with E-state index in [1.54, 1.807) is 31.2 Å². The molecule has 0 saturated heterocycles. The molecule has 1 aromatic heterocycles. The molecular formula is C20H19F3N4O3S. The molecule has 31 heavy (non-hydrogen) atoms. The maximum atomic E-state index is 12.8. The molecule has 0 aliphatic heterocycles. The molecule has 0 bridgehead atoms. The highest BCUT2D eigenvalue weighted by atomic mass is 32.1. The van der Waals surface area contributed by atoms with Crippen LogP contribution in [0, 0.1) is 0 Å². The second-order valence-corrected chi connectivity index (χ2v) is 7.38. The molecule has 0 unspecified atom stereocenters. The highest BCUT2D eigenvalue weighted by Crippen LogP contribution is 2.33. The third-order valence-corrected chi connectivity index (χ3v) is 4.89. The van der Waals surface area contributed by atoms with E-state index >= 15 is 0 Å². The van der Waals surface area contributed by atoms with Gasteiger partial charge in [-0.25, -0.2) is 0 Å². The smallest absolute Gasteiger partial charge is 0.416 e. The van der Waals surface area contributed by atoms with Gasteiger partial charge in [-0.3, -0.25) is 14.2 Å². The van der Waals surface area contributed by atoms with Crippen molar-refractivity contribution in [3.05, 3.63) is 70.0 Å². The molecular weight excluding hydrogens is 433 g/mol. The Labute approximate surface area is 179 Å². The Kier molecular flexibility index (Phi) is 6.66. The SMILES string of the molecule is C[C@@H](CO)N=C(N)c1c(Nc2ccc(Oc3cccc(C(F)(F)F)c3)cc2)s[nH]c1=O. The van der Waals surface area contributed by atoms with Crippen LogP contribution in [0.5, 0.6) is 11.5 Å². The Morgan fingerprint density at radius 2 is 1.97 bits per heavy atom. The highest BCUT2D eigenvalue weighted by molar-refractivity contribution is 7.10. The molecule has 1 heterocycles. The topological polar surface area (TPSA) is 113 Å². The van der Waals surface area contributed by atoms with Crippen molar-refractivity contribution in [2.45, 2.75) is 19.1 Å². The number of hydrogen-bond donors (Lipinski definition) is 4. The van der Waals surface area contributed by atoms with Crippen molar-refractivity contribution < 1.29 is 23.0 Å². The fourth-order valence-corrected chi connectivity index (χ4v) is 3.34. The van der Waals surface area contributed by atoms with E-state index in [0.29, 0.717) is 16.4 Å². The third kappa shape index (κ3) is 5.64.